The molecule has 1 heterocycles. The highest BCUT2D eigenvalue weighted by Gasteiger charge is 2.36. The molecule has 1 aliphatic heterocycles. The Balaban J connectivity index is 2.14. The topological polar surface area (TPSA) is 26.3 Å². The maximum absolute atomic E-state index is 11.1. The van der Waals surface area contributed by atoms with Crippen molar-refractivity contribution in [2.45, 2.75) is 11.5 Å². The van der Waals surface area contributed by atoms with E-state index in [1.54, 1.807) is 0 Å². The smallest absolute Gasteiger partial charge is 0.189 e. The molecule has 1 aliphatic rings. The Labute approximate surface area is 95.3 Å². The van der Waals surface area contributed by atoms with E-state index in [2.05, 4.69) is 15.9 Å². The number of hydrogen-bond acceptors (Lipinski definition) is 2. The minimum Gasteiger partial charge on any atom is -0.361 e. The largest absolute Gasteiger partial charge is 0.361 e. The molecule has 2 atom stereocenters. The number of carbonyl (C=O) groups excluding carboxylic acids is 1. The molecule has 0 amide bonds. The van der Waals surface area contributed by atoms with Gasteiger partial charge in [0.2, 0.25) is 0 Å². The summed E-state index contributed by atoms with van der Waals surface area (Å²) in [6, 6.07) is 7.56. The molecule has 0 unspecified atom stereocenters. The number of rotatable bonds is 2. The summed E-state index contributed by atoms with van der Waals surface area (Å²) in [6.07, 6.45) is -0.460. The summed E-state index contributed by atoms with van der Waals surface area (Å²) < 4.78 is 6.09. The predicted octanol–water partition coefficient (Wildman–Crippen LogP) is 2.70. The number of ether oxygens (including phenoxy) is 1. The van der Waals surface area contributed by atoms with Gasteiger partial charge in [-0.2, -0.15) is 0 Å². The minimum absolute atomic E-state index is 0.0768. The van der Waals surface area contributed by atoms with Gasteiger partial charge in [-0.15, -0.1) is 11.6 Å². The van der Waals surface area contributed by atoms with Crippen LogP contribution >= 0.6 is 27.5 Å². The van der Waals surface area contributed by atoms with Crippen LogP contribution in [-0.4, -0.2) is 18.5 Å². The molecule has 2 rings (SSSR count). The Bertz CT molecular complexity index is 350. The summed E-state index contributed by atoms with van der Waals surface area (Å²) in [6.45, 7) is 0.199. The van der Waals surface area contributed by atoms with Gasteiger partial charge in [0.15, 0.2) is 5.78 Å². The van der Waals surface area contributed by atoms with E-state index in [-0.39, 0.29) is 17.8 Å². The van der Waals surface area contributed by atoms with E-state index in [9.17, 15) is 4.79 Å². The van der Waals surface area contributed by atoms with Crippen LogP contribution in [-0.2, 0) is 9.53 Å². The standard InChI is InChI=1S/C10H8BrClO2/c11-7-3-1-6(2-4-7)9(12)10-8(13)5-14-10/h1-4,9-10H,5H2/t9-,10-/m0/s1. The third-order valence-electron chi connectivity index (χ3n) is 2.18. The van der Waals surface area contributed by atoms with Gasteiger partial charge in [-0.3, -0.25) is 4.79 Å². The number of carbonyl (C=O) groups is 1. The van der Waals surface area contributed by atoms with Crippen molar-refractivity contribution in [2.24, 2.45) is 0 Å². The lowest BCUT2D eigenvalue weighted by molar-refractivity contribution is -0.154. The number of alkyl halides is 1. The zero-order valence-corrected chi connectivity index (χ0v) is 9.59. The van der Waals surface area contributed by atoms with Gasteiger partial charge in [0, 0.05) is 4.47 Å². The van der Waals surface area contributed by atoms with Crippen molar-refractivity contribution in [3.63, 3.8) is 0 Å². The molecule has 1 aromatic carbocycles. The summed E-state index contributed by atoms with van der Waals surface area (Å²) in [5.41, 5.74) is 0.910. The minimum atomic E-state index is -0.460. The molecular weight excluding hydrogens is 267 g/mol. The fraction of sp³-hybridized carbons (Fsp3) is 0.300. The van der Waals surface area contributed by atoms with Crippen LogP contribution in [0.15, 0.2) is 28.7 Å². The van der Waals surface area contributed by atoms with Crippen molar-refractivity contribution in [2.75, 3.05) is 6.61 Å². The van der Waals surface area contributed by atoms with Gasteiger partial charge < -0.3 is 4.74 Å². The molecule has 0 spiro atoms. The van der Waals surface area contributed by atoms with Crippen LogP contribution in [0.1, 0.15) is 10.9 Å². The summed E-state index contributed by atoms with van der Waals surface area (Å²) in [4.78, 5) is 11.1. The third kappa shape index (κ3) is 1.85. The molecular formula is C10H8BrClO2. The molecule has 0 aliphatic carbocycles. The second-order valence-electron chi connectivity index (χ2n) is 3.15. The van der Waals surface area contributed by atoms with Crippen LogP contribution < -0.4 is 0 Å². The summed E-state index contributed by atoms with van der Waals surface area (Å²) in [5, 5.41) is -0.371. The van der Waals surface area contributed by atoms with Gasteiger partial charge in [-0.05, 0) is 17.7 Å². The molecule has 1 aromatic rings. The Morgan fingerprint density at radius 1 is 1.43 bits per heavy atom. The lowest BCUT2D eigenvalue weighted by Gasteiger charge is -2.28. The number of benzene rings is 1. The van der Waals surface area contributed by atoms with E-state index in [1.165, 1.54) is 0 Å². The van der Waals surface area contributed by atoms with Gasteiger partial charge in [-0.1, -0.05) is 28.1 Å². The first-order chi connectivity index (χ1) is 6.68. The Morgan fingerprint density at radius 3 is 2.50 bits per heavy atom. The van der Waals surface area contributed by atoms with Crippen LogP contribution in [0.2, 0.25) is 0 Å². The summed E-state index contributed by atoms with van der Waals surface area (Å²) >= 11 is 9.43. The van der Waals surface area contributed by atoms with Crippen molar-refractivity contribution in [1.29, 1.82) is 0 Å². The predicted molar refractivity (Wildman–Crippen MR) is 57.5 cm³/mol. The molecule has 1 saturated heterocycles. The van der Waals surface area contributed by atoms with Crippen LogP contribution in [0.3, 0.4) is 0 Å². The van der Waals surface area contributed by atoms with E-state index in [1.807, 2.05) is 24.3 Å². The first kappa shape index (κ1) is 10.1. The zero-order valence-electron chi connectivity index (χ0n) is 7.24. The highest BCUT2D eigenvalue weighted by Crippen LogP contribution is 2.31. The quantitative estimate of drug-likeness (QED) is 0.776. The zero-order chi connectivity index (χ0) is 10.1. The van der Waals surface area contributed by atoms with Crippen LogP contribution in [0.4, 0.5) is 0 Å². The molecule has 0 radical (unpaired) electrons. The molecule has 0 bridgehead atoms. The van der Waals surface area contributed by atoms with E-state index in [0.29, 0.717) is 0 Å². The van der Waals surface area contributed by atoms with Crippen LogP contribution in [0, 0.1) is 0 Å². The first-order valence-corrected chi connectivity index (χ1v) is 5.45. The Kier molecular flexibility index (Phi) is 2.91. The van der Waals surface area contributed by atoms with Crippen molar-refractivity contribution in [1.82, 2.24) is 0 Å². The van der Waals surface area contributed by atoms with Crippen LogP contribution in [0.25, 0.3) is 0 Å². The summed E-state index contributed by atoms with van der Waals surface area (Å²) in [7, 11) is 0. The monoisotopic (exact) mass is 274 g/mol. The highest BCUT2D eigenvalue weighted by atomic mass is 79.9. The van der Waals surface area contributed by atoms with Gasteiger partial charge in [0.05, 0.1) is 5.38 Å². The SMILES string of the molecule is O=C1CO[C@@H]1[C@@H](Cl)c1ccc(Br)cc1. The van der Waals surface area contributed by atoms with E-state index < -0.39 is 6.10 Å². The van der Waals surface area contributed by atoms with Gasteiger partial charge >= 0.3 is 0 Å². The molecule has 1 fully saturated rings. The molecule has 2 nitrogen and oxygen atoms in total. The van der Waals surface area contributed by atoms with Gasteiger partial charge in [-0.25, -0.2) is 0 Å². The van der Waals surface area contributed by atoms with Crippen molar-refractivity contribution < 1.29 is 9.53 Å². The number of ketones is 1. The number of Topliss-reactive ketones (excluding diaryl/α,β-unsaturated/α-hetero) is 1. The first-order valence-electron chi connectivity index (χ1n) is 4.22. The molecule has 0 aromatic heterocycles. The lowest BCUT2D eigenvalue weighted by atomic mass is 10.0. The van der Waals surface area contributed by atoms with Crippen LogP contribution in [0.5, 0.6) is 0 Å². The van der Waals surface area contributed by atoms with E-state index >= 15 is 0 Å². The van der Waals surface area contributed by atoms with Gasteiger partial charge in [0.25, 0.3) is 0 Å². The molecule has 74 valence electrons. The van der Waals surface area contributed by atoms with Gasteiger partial charge in [0.1, 0.15) is 12.7 Å². The number of halogens is 2. The van der Waals surface area contributed by atoms with Crippen molar-refractivity contribution in [3.8, 4) is 0 Å². The molecule has 0 saturated carbocycles. The second-order valence-corrected chi connectivity index (χ2v) is 4.54. The molecule has 14 heavy (non-hydrogen) atoms. The van der Waals surface area contributed by atoms with Crippen molar-refractivity contribution >= 4 is 33.3 Å². The fourth-order valence-corrected chi connectivity index (χ4v) is 1.94. The molecule has 0 N–H and O–H groups in total. The third-order valence-corrected chi connectivity index (χ3v) is 3.19. The number of hydrogen-bond donors (Lipinski definition) is 0. The summed E-state index contributed by atoms with van der Waals surface area (Å²) in [5.74, 6) is 0.0768. The Morgan fingerprint density at radius 2 is 2.07 bits per heavy atom. The molecule has 4 heteroatoms. The normalized spacial score (nSPS) is 23.0. The average Bonchev–Trinajstić information content (AvgIpc) is 2.16. The second kappa shape index (κ2) is 4.01. The Hall–Kier alpha value is -0.380. The maximum atomic E-state index is 11.1. The lowest BCUT2D eigenvalue weighted by Crippen LogP contribution is -2.42. The van der Waals surface area contributed by atoms with E-state index in [0.717, 1.165) is 10.0 Å². The highest BCUT2D eigenvalue weighted by molar-refractivity contribution is 9.10. The van der Waals surface area contributed by atoms with E-state index in [4.69, 9.17) is 16.3 Å². The maximum Gasteiger partial charge on any atom is 0.189 e. The average molecular weight is 276 g/mol. The van der Waals surface area contributed by atoms with Crippen molar-refractivity contribution in [3.05, 3.63) is 34.3 Å². The fourth-order valence-electron chi connectivity index (χ4n) is 1.32.